The molecule has 318 valence electrons. The van der Waals surface area contributed by atoms with Gasteiger partial charge in [-0.1, -0.05) is 38.1 Å². The summed E-state index contributed by atoms with van der Waals surface area (Å²) in [6.45, 7) is 14.2. The SMILES string of the molecule is CC(C)c1cc(N2C(=S)N(c3ccc(C#N)c(C(F)(F)F)c3)C(=O)C2(C)C)cnc1OCCN1C[C@@H](C)N(CC(=O)Cc2cccc(CC3CCC(=O)NC3=O)c2)[C@@H](C)C1. The molecule has 3 aromatic rings. The van der Waals surface area contributed by atoms with Gasteiger partial charge in [0.05, 0.1) is 41.3 Å². The molecule has 3 fully saturated rings. The summed E-state index contributed by atoms with van der Waals surface area (Å²) in [6.07, 6.45) is -1.60. The number of ketones is 1. The Morgan fingerprint density at radius 1 is 1.05 bits per heavy atom. The summed E-state index contributed by atoms with van der Waals surface area (Å²) in [6, 6.07) is 14.5. The number of aromatic nitrogens is 1. The highest BCUT2D eigenvalue weighted by Crippen LogP contribution is 2.41. The number of carbonyl (C=O) groups excluding carboxylic acids is 4. The molecule has 60 heavy (non-hydrogen) atoms. The highest BCUT2D eigenvalue weighted by molar-refractivity contribution is 7.81. The van der Waals surface area contributed by atoms with Crippen molar-refractivity contribution in [3.8, 4) is 11.9 Å². The summed E-state index contributed by atoms with van der Waals surface area (Å²) in [5.41, 5.74) is 0.0443. The first kappa shape index (κ1) is 44.3. The Hall–Kier alpha value is -5.24. The van der Waals surface area contributed by atoms with E-state index in [2.05, 4.69) is 33.9 Å². The van der Waals surface area contributed by atoms with Gasteiger partial charge in [0.15, 0.2) is 10.9 Å². The fraction of sp³-hybridized carbons (Fsp3) is 0.477. The van der Waals surface area contributed by atoms with Crippen LogP contribution in [0.15, 0.2) is 54.7 Å². The second-order valence-electron chi connectivity index (χ2n) is 16.8. The lowest BCUT2D eigenvalue weighted by molar-refractivity contribution is -0.138. The topological polar surface area (TPSA) is 139 Å². The van der Waals surface area contributed by atoms with Crippen molar-refractivity contribution in [3.63, 3.8) is 0 Å². The third-order valence-electron chi connectivity index (χ3n) is 11.5. The first-order valence-electron chi connectivity index (χ1n) is 20.1. The zero-order valence-corrected chi connectivity index (χ0v) is 35.5. The fourth-order valence-corrected chi connectivity index (χ4v) is 8.90. The number of anilines is 2. The number of amides is 3. The lowest BCUT2D eigenvalue weighted by atomic mass is 9.90. The minimum Gasteiger partial charge on any atom is -0.476 e. The molecular formula is C44H50F3N7O5S. The van der Waals surface area contributed by atoms with Crippen molar-refractivity contribution in [2.45, 2.75) is 96.9 Å². The maximum Gasteiger partial charge on any atom is 0.417 e. The van der Waals surface area contributed by atoms with Crippen molar-refractivity contribution in [3.05, 3.63) is 82.5 Å². The van der Waals surface area contributed by atoms with E-state index in [9.17, 15) is 37.6 Å². The Labute approximate surface area is 353 Å². The van der Waals surface area contributed by atoms with E-state index in [1.54, 1.807) is 31.0 Å². The molecule has 12 nitrogen and oxygen atoms in total. The number of Topliss-reactive ketones (excluding diaryl/α,β-unsaturated/α-hetero) is 1. The standard InChI is InChI=1S/C44H50F3N7O5S/c1-26(2)36-19-34(54-42(60)53(41(58)43(54,5)6)33-12-10-32(21-48)37(20-33)44(45,46)47)22-49-40(36)59-15-14-51-23-27(3)52(28(4)24-51)25-35(55)18-30-9-7-8-29(16-30)17-31-11-13-38(56)50-39(31)57/h7-10,12,16,19-20,22,26-28,31H,11,13-15,17-18,23-25H2,1-6H3,(H,50,56,57)/t27-,28+,31?. The van der Waals surface area contributed by atoms with E-state index in [4.69, 9.17) is 17.0 Å². The van der Waals surface area contributed by atoms with Crippen LogP contribution in [0.25, 0.3) is 0 Å². The number of piperazine rings is 1. The Morgan fingerprint density at radius 2 is 1.75 bits per heavy atom. The number of hydrogen-bond donors (Lipinski definition) is 1. The van der Waals surface area contributed by atoms with Gasteiger partial charge < -0.3 is 9.64 Å². The number of benzene rings is 2. The van der Waals surface area contributed by atoms with Crippen molar-refractivity contribution < 1.29 is 37.1 Å². The second kappa shape index (κ2) is 17.8. The molecule has 3 saturated heterocycles. The van der Waals surface area contributed by atoms with Crippen molar-refractivity contribution in [2.75, 3.05) is 42.6 Å². The molecular weight excluding hydrogens is 796 g/mol. The molecule has 0 radical (unpaired) electrons. The number of nitrogens with zero attached hydrogens (tertiary/aromatic N) is 6. The van der Waals surface area contributed by atoms with Crippen LogP contribution in [-0.2, 0) is 38.2 Å². The van der Waals surface area contributed by atoms with Gasteiger partial charge in [-0.15, -0.1) is 0 Å². The van der Waals surface area contributed by atoms with Crippen LogP contribution >= 0.6 is 12.2 Å². The number of piperidine rings is 1. The number of halogens is 3. The maximum atomic E-state index is 13.8. The molecule has 6 rings (SSSR count). The molecule has 0 saturated carbocycles. The molecule has 1 N–H and O–H groups in total. The molecule has 1 unspecified atom stereocenters. The van der Waals surface area contributed by atoms with Gasteiger partial charge >= 0.3 is 6.18 Å². The van der Waals surface area contributed by atoms with E-state index < -0.39 is 28.7 Å². The lowest BCUT2D eigenvalue weighted by Crippen LogP contribution is -2.58. The first-order valence-corrected chi connectivity index (χ1v) is 20.5. The molecule has 3 aliphatic heterocycles. The van der Waals surface area contributed by atoms with E-state index in [0.717, 1.165) is 46.8 Å². The first-order chi connectivity index (χ1) is 28.3. The zero-order valence-electron chi connectivity index (χ0n) is 34.6. The smallest absolute Gasteiger partial charge is 0.417 e. The quantitative estimate of drug-likeness (QED) is 0.156. The number of alkyl halides is 3. The predicted octanol–water partition coefficient (Wildman–Crippen LogP) is 6.19. The minimum absolute atomic E-state index is 0.0201. The molecule has 0 bridgehead atoms. The summed E-state index contributed by atoms with van der Waals surface area (Å²) < 4.78 is 47.7. The Bertz CT molecular complexity index is 2210. The largest absolute Gasteiger partial charge is 0.476 e. The fourth-order valence-electron chi connectivity index (χ4n) is 8.38. The number of carbonyl (C=O) groups is 4. The maximum absolute atomic E-state index is 13.8. The Kier molecular flexibility index (Phi) is 13.1. The molecule has 0 spiro atoms. The molecule has 0 aliphatic carbocycles. The van der Waals surface area contributed by atoms with E-state index >= 15 is 0 Å². The third kappa shape index (κ3) is 9.53. The molecule has 3 amide bonds. The van der Waals surface area contributed by atoms with E-state index in [1.807, 2.05) is 44.2 Å². The summed E-state index contributed by atoms with van der Waals surface area (Å²) in [4.78, 5) is 62.7. The number of pyridine rings is 1. The number of imide groups is 1. The molecule has 1 aromatic heterocycles. The van der Waals surface area contributed by atoms with Crippen LogP contribution in [0.4, 0.5) is 24.5 Å². The highest BCUT2D eigenvalue weighted by Gasteiger charge is 2.51. The van der Waals surface area contributed by atoms with Gasteiger partial charge in [0.25, 0.3) is 5.91 Å². The number of rotatable bonds is 13. The van der Waals surface area contributed by atoms with E-state index in [-0.39, 0.29) is 58.7 Å². The van der Waals surface area contributed by atoms with Crippen LogP contribution in [0.3, 0.4) is 0 Å². The van der Waals surface area contributed by atoms with Crippen molar-refractivity contribution in [2.24, 2.45) is 5.92 Å². The third-order valence-corrected chi connectivity index (χ3v) is 11.9. The monoisotopic (exact) mass is 845 g/mol. The van der Waals surface area contributed by atoms with E-state index in [0.29, 0.717) is 50.5 Å². The van der Waals surface area contributed by atoms with Crippen LogP contribution in [0.1, 0.15) is 88.1 Å². The van der Waals surface area contributed by atoms with Crippen LogP contribution < -0.4 is 19.9 Å². The Morgan fingerprint density at radius 3 is 2.40 bits per heavy atom. The van der Waals surface area contributed by atoms with Gasteiger partial charge in [-0.2, -0.15) is 18.4 Å². The normalized spacial score (nSPS) is 21.4. The van der Waals surface area contributed by atoms with Gasteiger partial charge in [0, 0.05) is 56.0 Å². The number of nitriles is 1. The van der Waals surface area contributed by atoms with Gasteiger partial charge in [0.2, 0.25) is 17.7 Å². The lowest BCUT2D eigenvalue weighted by Gasteiger charge is -2.44. The minimum atomic E-state index is -4.81. The van der Waals surface area contributed by atoms with Gasteiger partial charge in [0.1, 0.15) is 12.1 Å². The second-order valence-corrected chi connectivity index (χ2v) is 17.1. The average molecular weight is 846 g/mol. The van der Waals surface area contributed by atoms with Gasteiger partial charge in [-0.05, 0) is 94.1 Å². The van der Waals surface area contributed by atoms with Crippen molar-refractivity contribution in [1.82, 2.24) is 20.1 Å². The molecule has 4 heterocycles. The number of ether oxygens (including phenoxy) is 1. The van der Waals surface area contributed by atoms with Gasteiger partial charge in [-0.25, -0.2) is 4.98 Å². The van der Waals surface area contributed by atoms with E-state index in [1.165, 1.54) is 6.07 Å². The van der Waals surface area contributed by atoms with Crippen LogP contribution in [0.2, 0.25) is 0 Å². The molecule has 2 aromatic carbocycles. The Balaban J connectivity index is 1.05. The molecule has 16 heteroatoms. The van der Waals surface area contributed by atoms with Gasteiger partial charge in [-0.3, -0.25) is 39.2 Å². The summed E-state index contributed by atoms with van der Waals surface area (Å²) in [5.74, 6) is -0.770. The number of nitrogens with one attached hydrogen (secondary N) is 1. The predicted molar refractivity (Wildman–Crippen MR) is 223 cm³/mol. The number of hydrogen-bond acceptors (Lipinski definition) is 10. The molecule has 3 aliphatic rings. The summed E-state index contributed by atoms with van der Waals surface area (Å²) in [7, 11) is 0. The summed E-state index contributed by atoms with van der Waals surface area (Å²) >= 11 is 5.73. The molecule has 3 atom stereocenters. The van der Waals surface area contributed by atoms with Crippen LogP contribution in [0, 0.1) is 17.2 Å². The van der Waals surface area contributed by atoms with Crippen LogP contribution in [0.5, 0.6) is 5.88 Å². The van der Waals surface area contributed by atoms with Crippen LogP contribution in [-0.4, -0.2) is 93.8 Å². The number of thiocarbonyl (C=S) groups is 1. The highest BCUT2D eigenvalue weighted by atomic mass is 32.1. The zero-order chi connectivity index (χ0) is 43.7. The van der Waals surface area contributed by atoms with Crippen molar-refractivity contribution in [1.29, 1.82) is 5.26 Å². The van der Waals surface area contributed by atoms with Crippen molar-refractivity contribution >= 4 is 52.2 Å². The summed E-state index contributed by atoms with van der Waals surface area (Å²) in [5, 5.41) is 11.7. The average Bonchev–Trinajstić information content (AvgIpc) is 3.35.